The van der Waals surface area contributed by atoms with Crippen molar-refractivity contribution >= 4 is 27.4 Å². The van der Waals surface area contributed by atoms with Crippen LogP contribution in [0.15, 0.2) is 12.4 Å². The van der Waals surface area contributed by atoms with E-state index in [1.165, 1.54) is 10.3 Å². The van der Waals surface area contributed by atoms with Crippen molar-refractivity contribution in [3.63, 3.8) is 0 Å². The molecule has 2 aromatic rings. The molecular weight excluding hydrogens is 268 g/mol. The van der Waals surface area contributed by atoms with Gasteiger partial charge in [0.25, 0.3) is 0 Å². The van der Waals surface area contributed by atoms with Gasteiger partial charge in [0.15, 0.2) is 0 Å². The molecule has 0 bridgehead atoms. The Morgan fingerprint density at radius 3 is 2.95 bits per heavy atom. The smallest absolute Gasteiger partial charge is 0.140 e. The number of piperidine rings is 1. The van der Waals surface area contributed by atoms with Gasteiger partial charge in [-0.05, 0) is 24.3 Å². The van der Waals surface area contributed by atoms with Gasteiger partial charge in [-0.25, -0.2) is 9.97 Å². The first-order valence-electron chi connectivity index (χ1n) is 7.25. The van der Waals surface area contributed by atoms with Crippen molar-refractivity contribution in [2.45, 2.75) is 39.7 Å². The lowest BCUT2D eigenvalue weighted by Crippen LogP contribution is -2.52. The fourth-order valence-corrected chi connectivity index (χ4v) is 3.80. The van der Waals surface area contributed by atoms with Crippen LogP contribution in [0.1, 0.15) is 32.1 Å². The third-order valence-corrected chi connectivity index (χ3v) is 5.51. The summed E-state index contributed by atoms with van der Waals surface area (Å²) in [6.45, 7) is 8.60. The van der Waals surface area contributed by atoms with Crippen molar-refractivity contribution in [1.82, 2.24) is 9.97 Å². The van der Waals surface area contributed by atoms with E-state index in [0.717, 1.165) is 36.6 Å². The van der Waals surface area contributed by atoms with Crippen molar-refractivity contribution in [2.24, 2.45) is 11.1 Å². The van der Waals surface area contributed by atoms with Gasteiger partial charge in [-0.1, -0.05) is 20.8 Å². The third kappa shape index (κ3) is 2.29. The topological polar surface area (TPSA) is 55.0 Å². The van der Waals surface area contributed by atoms with Crippen LogP contribution in [0.4, 0.5) is 5.82 Å². The van der Waals surface area contributed by atoms with E-state index in [-0.39, 0.29) is 11.5 Å². The molecule has 1 atom stereocenters. The van der Waals surface area contributed by atoms with E-state index in [2.05, 4.69) is 41.7 Å². The second-order valence-corrected chi connectivity index (χ2v) is 7.40. The standard InChI is InChI=1S/C15H22N4S/c1-4-10-7-11-13(17-9-18-14(11)20-10)19-6-5-12(16)15(2,3)8-19/h7,9,12H,4-6,8,16H2,1-3H3. The minimum atomic E-state index is 0.124. The number of hydrogen-bond acceptors (Lipinski definition) is 5. The molecule has 1 aliphatic rings. The number of aryl methyl sites for hydroxylation is 1. The molecule has 0 saturated carbocycles. The minimum absolute atomic E-state index is 0.124. The first-order valence-corrected chi connectivity index (χ1v) is 8.07. The molecule has 20 heavy (non-hydrogen) atoms. The maximum atomic E-state index is 6.23. The highest BCUT2D eigenvalue weighted by atomic mass is 32.1. The number of thiophene rings is 1. The summed E-state index contributed by atoms with van der Waals surface area (Å²) in [5, 5.41) is 1.20. The highest BCUT2D eigenvalue weighted by Crippen LogP contribution is 2.35. The van der Waals surface area contributed by atoms with E-state index < -0.39 is 0 Å². The monoisotopic (exact) mass is 290 g/mol. The summed E-state index contributed by atoms with van der Waals surface area (Å²) in [6, 6.07) is 2.52. The highest BCUT2D eigenvalue weighted by molar-refractivity contribution is 7.18. The molecule has 1 saturated heterocycles. The van der Waals surface area contributed by atoms with Crippen LogP contribution >= 0.6 is 11.3 Å². The molecule has 0 aromatic carbocycles. The molecule has 0 amide bonds. The minimum Gasteiger partial charge on any atom is -0.355 e. The highest BCUT2D eigenvalue weighted by Gasteiger charge is 2.34. The number of hydrogen-bond donors (Lipinski definition) is 1. The Morgan fingerprint density at radius 1 is 1.45 bits per heavy atom. The van der Waals surface area contributed by atoms with Crippen molar-refractivity contribution in [1.29, 1.82) is 0 Å². The molecule has 3 rings (SSSR count). The van der Waals surface area contributed by atoms with Crippen molar-refractivity contribution in [3.8, 4) is 0 Å². The lowest BCUT2D eigenvalue weighted by molar-refractivity contribution is 0.244. The van der Waals surface area contributed by atoms with Crippen LogP contribution < -0.4 is 10.6 Å². The second-order valence-electron chi connectivity index (χ2n) is 6.29. The first-order chi connectivity index (χ1) is 9.51. The van der Waals surface area contributed by atoms with Gasteiger partial charge in [0, 0.05) is 24.0 Å². The molecule has 4 nitrogen and oxygen atoms in total. The number of nitrogens with two attached hydrogens (primary N) is 1. The fraction of sp³-hybridized carbons (Fsp3) is 0.600. The Hall–Kier alpha value is -1.20. The summed E-state index contributed by atoms with van der Waals surface area (Å²) >= 11 is 1.77. The van der Waals surface area contributed by atoms with Crippen LogP contribution in [-0.4, -0.2) is 29.1 Å². The molecule has 5 heteroatoms. The van der Waals surface area contributed by atoms with Crippen LogP contribution in [-0.2, 0) is 6.42 Å². The molecule has 0 aliphatic carbocycles. The van der Waals surface area contributed by atoms with Crippen molar-refractivity contribution in [3.05, 3.63) is 17.3 Å². The molecule has 0 spiro atoms. The lowest BCUT2D eigenvalue weighted by atomic mass is 9.79. The molecule has 2 aromatic heterocycles. The molecule has 108 valence electrons. The summed E-state index contributed by atoms with van der Waals surface area (Å²) in [5.41, 5.74) is 6.36. The molecule has 1 fully saturated rings. The largest absolute Gasteiger partial charge is 0.355 e. The van der Waals surface area contributed by atoms with E-state index in [1.807, 2.05) is 0 Å². The molecule has 3 heterocycles. The Bertz CT molecular complexity index is 619. The summed E-state index contributed by atoms with van der Waals surface area (Å²) < 4.78 is 0. The van der Waals surface area contributed by atoms with Gasteiger partial charge in [0.1, 0.15) is 17.0 Å². The zero-order valence-electron chi connectivity index (χ0n) is 12.4. The maximum absolute atomic E-state index is 6.23. The SMILES string of the molecule is CCc1cc2c(N3CCC(N)C(C)(C)C3)ncnc2s1. The van der Waals surface area contributed by atoms with Crippen LogP contribution in [0, 0.1) is 5.41 Å². The van der Waals surface area contributed by atoms with Gasteiger partial charge in [-0.3, -0.25) is 0 Å². The van der Waals surface area contributed by atoms with Crippen LogP contribution in [0.5, 0.6) is 0 Å². The number of rotatable bonds is 2. The number of anilines is 1. The molecule has 1 unspecified atom stereocenters. The normalized spacial score (nSPS) is 22.4. The average molecular weight is 290 g/mol. The number of fused-ring (bicyclic) bond motifs is 1. The van der Waals surface area contributed by atoms with Crippen LogP contribution in [0.2, 0.25) is 0 Å². The average Bonchev–Trinajstić information content (AvgIpc) is 2.84. The summed E-state index contributed by atoms with van der Waals surface area (Å²) in [6.07, 6.45) is 3.76. The van der Waals surface area contributed by atoms with Crippen LogP contribution in [0.25, 0.3) is 10.2 Å². The van der Waals surface area contributed by atoms with Gasteiger partial charge in [-0.2, -0.15) is 0 Å². The maximum Gasteiger partial charge on any atom is 0.140 e. The van der Waals surface area contributed by atoms with E-state index in [1.54, 1.807) is 17.7 Å². The van der Waals surface area contributed by atoms with E-state index in [9.17, 15) is 0 Å². The predicted octanol–water partition coefficient (Wildman–Crippen LogP) is 2.82. The lowest BCUT2D eigenvalue weighted by Gasteiger charge is -2.43. The number of nitrogens with zero attached hydrogens (tertiary/aromatic N) is 3. The van der Waals surface area contributed by atoms with Gasteiger partial charge in [0.2, 0.25) is 0 Å². The van der Waals surface area contributed by atoms with Gasteiger partial charge < -0.3 is 10.6 Å². The van der Waals surface area contributed by atoms with Crippen LogP contribution in [0.3, 0.4) is 0 Å². The fourth-order valence-electron chi connectivity index (χ4n) is 2.87. The zero-order valence-corrected chi connectivity index (χ0v) is 13.2. The van der Waals surface area contributed by atoms with E-state index in [0.29, 0.717) is 0 Å². The summed E-state index contributed by atoms with van der Waals surface area (Å²) in [4.78, 5) is 13.8. The first kappa shape index (κ1) is 13.8. The van der Waals surface area contributed by atoms with Crippen molar-refractivity contribution < 1.29 is 0 Å². The Morgan fingerprint density at radius 2 is 2.25 bits per heavy atom. The molecule has 0 radical (unpaired) electrons. The number of aromatic nitrogens is 2. The molecule has 1 aliphatic heterocycles. The summed E-state index contributed by atoms with van der Waals surface area (Å²) in [5.74, 6) is 1.07. The Balaban J connectivity index is 2.00. The quantitative estimate of drug-likeness (QED) is 0.924. The zero-order chi connectivity index (χ0) is 14.3. The van der Waals surface area contributed by atoms with E-state index in [4.69, 9.17) is 5.73 Å². The van der Waals surface area contributed by atoms with Crippen molar-refractivity contribution in [2.75, 3.05) is 18.0 Å². The van der Waals surface area contributed by atoms with Gasteiger partial charge in [0.05, 0.1) is 5.39 Å². The predicted molar refractivity (Wildman–Crippen MR) is 85.4 cm³/mol. The Kier molecular flexibility index (Phi) is 3.42. The summed E-state index contributed by atoms with van der Waals surface area (Å²) in [7, 11) is 0. The molecular formula is C15H22N4S. The van der Waals surface area contributed by atoms with E-state index >= 15 is 0 Å². The Labute approximate surface area is 124 Å². The second kappa shape index (κ2) is 4.97. The van der Waals surface area contributed by atoms with Gasteiger partial charge in [-0.15, -0.1) is 11.3 Å². The third-order valence-electron chi connectivity index (χ3n) is 4.32. The van der Waals surface area contributed by atoms with Gasteiger partial charge >= 0.3 is 0 Å². The molecule has 2 N–H and O–H groups in total.